The Hall–Kier alpha value is -1.60. The van der Waals surface area contributed by atoms with E-state index in [4.69, 9.17) is 4.42 Å². The van der Waals surface area contributed by atoms with Crippen molar-refractivity contribution in [2.75, 3.05) is 11.5 Å². The van der Waals surface area contributed by atoms with Crippen LogP contribution in [0.1, 0.15) is 19.3 Å². The van der Waals surface area contributed by atoms with Crippen LogP contribution in [-0.2, 0) is 16.5 Å². The van der Waals surface area contributed by atoms with Gasteiger partial charge in [0, 0.05) is 12.1 Å². The summed E-state index contributed by atoms with van der Waals surface area (Å²) in [5, 5.41) is 0. The lowest BCUT2D eigenvalue weighted by Crippen LogP contribution is -2.41. The van der Waals surface area contributed by atoms with E-state index in [2.05, 4.69) is 4.90 Å². The second kappa shape index (κ2) is 4.96. The highest BCUT2D eigenvalue weighted by atomic mass is 32.2. The quantitative estimate of drug-likeness (QED) is 0.846. The first-order valence-corrected chi connectivity index (χ1v) is 9.40. The summed E-state index contributed by atoms with van der Waals surface area (Å²) in [6.07, 6.45) is 2.80. The number of benzene rings is 1. The predicted octanol–water partition coefficient (Wildman–Crippen LogP) is 1.20. The van der Waals surface area contributed by atoms with E-state index in [1.54, 1.807) is 10.6 Å². The van der Waals surface area contributed by atoms with Crippen molar-refractivity contribution in [3.63, 3.8) is 0 Å². The van der Waals surface area contributed by atoms with E-state index in [-0.39, 0.29) is 23.3 Å². The normalized spacial score (nSPS) is 24.3. The molecule has 7 heteroatoms. The molecule has 0 N–H and O–H groups in total. The zero-order chi connectivity index (χ0) is 15.3. The number of hydrogen-bond acceptors (Lipinski definition) is 5. The SMILES string of the molecule is O=c1oc2ccccc2n1CN(C1CC1)[C@@H]1CCS(=O)(=O)C1. The van der Waals surface area contributed by atoms with E-state index >= 15 is 0 Å². The minimum Gasteiger partial charge on any atom is -0.408 e. The Morgan fingerprint density at radius 3 is 2.64 bits per heavy atom. The van der Waals surface area contributed by atoms with E-state index < -0.39 is 9.84 Å². The van der Waals surface area contributed by atoms with Gasteiger partial charge in [-0.25, -0.2) is 13.2 Å². The van der Waals surface area contributed by atoms with E-state index in [1.807, 2.05) is 18.2 Å². The predicted molar refractivity (Wildman–Crippen MR) is 82.4 cm³/mol. The monoisotopic (exact) mass is 322 g/mol. The molecule has 2 aliphatic rings. The second-order valence-electron chi connectivity index (χ2n) is 6.21. The van der Waals surface area contributed by atoms with Gasteiger partial charge >= 0.3 is 5.76 Å². The summed E-state index contributed by atoms with van der Waals surface area (Å²) in [5.74, 6) is 0.0726. The number of oxazole rings is 1. The van der Waals surface area contributed by atoms with E-state index in [0.717, 1.165) is 18.4 Å². The summed E-state index contributed by atoms with van der Waals surface area (Å²) < 4.78 is 30.4. The maximum absolute atomic E-state index is 12.1. The minimum atomic E-state index is -2.93. The summed E-state index contributed by atoms with van der Waals surface area (Å²) in [6, 6.07) is 7.73. The summed E-state index contributed by atoms with van der Waals surface area (Å²) in [7, 11) is -2.93. The molecule has 1 aromatic heterocycles. The summed E-state index contributed by atoms with van der Waals surface area (Å²) >= 11 is 0. The van der Waals surface area contributed by atoms with Gasteiger partial charge in [0.25, 0.3) is 0 Å². The zero-order valence-corrected chi connectivity index (χ0v) is 13.0. The highest BCUT2D eigenvalue weighted by Crippen LogP contribution is 2.32. The van der Waals surface area contributed by atoms with Crippen molar-refractivity contribution in [1.29, 1.82) is 0 Å². The molecule has 4 rings (SSSR count). The fourth-order valence-corrected chi connectivity index (χ4v) is 5.03. The molecule has 118 valence electrons. The summed E-state index contributed by atoms with van der Waals surface area (Å²) in [5.41, 5.74) is 1.33. The van der Waals surface area contributed by atoms with Crippen molar-refractivity contribution >= 4 is 20.9 Å². The fraction of sp³-hybridized carbons (Fsp3) is 0.533. The van der Waals surface area contributed by atoms with Crippen molar-refractivity contribution in [1.82, 2.24) is 9.47 Å². The number of fused-ring (bicyclic) bond motifs is 1. The molecular formula is C15H18N2O4S. The first-order chi connectivity index (χ1) is 10.5. The summed E-state index contributed by atoms with van der Waals surface area (Å²) in [6.45, 7) is 0.403. The van der Waals surface area contributed by atoms with Crippen LogP contribution in [0.3, 0.4) is 0 Å². The number of nitrogens with zero attached hydrogens (tertiary/aromatic N) is 2. The molecule has 0 spiro atoms. The van der Waals surface area contributed by atoms with Crippen LogP contribution >= 0.6 is 0 Å². The van der Waals surface area contributed by atoms with Crippen LogP contribution in [0.2, 0.25) is 0 Å². The van der Waals surface area contributed by atoms with Gasteiger partial charge in [0.2, 0.25) is 0 Å². The average Bonchev–Trinajstić information content (AvgIpc) is 3.18. The van der Waals surface area contributed by atoms with Crippen LogP contribution < -0.4 is 5.76 Å². The molecule has 1 saturated carbocycles. The molecule has 0 radical (unpaired) electrons. The fourth-order valence-electron chi connectivity index (χ4n) is 3.28. The average molecular weight is 322 g/mol. The molecule has 1 aliphatic heterocycles. The summed E-state index contributed by atoms with van der Waals surface area (Å²) in [4.78, 5) is 14.3. The lowest BCUT2D eigenvalue weighted by atomic mass is 10.2. The Kier molecular flexibility index (Phi) is 3.16. The molecule has 2 heterocycles. The molecular weight excluding hydrogens is 304 g/mol. The van der Waals surface area contributed by atoms with Crippen molar-refractivity contribution in [2.45, 2.75) is 38.0 Å². The third-order valence-corrected chi connectivity index (χ3v) is 6.32. The van der Waals surface area contributed by atoms with Gasteiger partial charge in [0.15, 0.2) is 15.4 Å². The molecule has 0 bridgehead atoms. The van der Waals surface area contributed by atoms with Gasteiger partial charge in [-0.2, -0.15) is 0 Å². The van der Waals surface area contributed by atoms with Crippen molar-refractivity contribution in [2.24, 2.45) is 0 Å². The molecule has 1 saturated heterocycles. The standard InChI is InChI=1S/C15H18N2O4S/c18-15-17(13-3-1-2-4-14(13)21-15)10-16(11-5-6-11)12-7-8-22(19,20)9-12/h1-4,11-12H,5-10H2/t12-/m1/s1. The van der Waals surface area contributed by atoms with Crippen LogP contribution in [0.15, 0.2) is 33.5 Å². The lowest BCUT2D eigenvalue weighted by molar-refractivity contribution is 0.152. The van der Waals surface area contributed by atoms with E-state index in [9.17, 15) is 13.2 Å². The Balaban J connectivity index is 1.67. The van der Waals surface area contributed by atoms with Gasteiger partial charge in [0.05, 0.1) is 23.7 Å². The number of sulfone groups is 1. The lowest BCUT2D eigenvalue weighted by Gasteiger charge is -2.27. The Bertz CT molecular complexity index is 863. The zero-order valence-electron chi connectivity index (χ0n) is 12.1. The molecule has 22 heavy (non-hydrogen) atoms. The third-order valence-electron chi connectivity index (χ3n) is 4.57. The second-order valence-corrected chi connectivity index (χ2v) is 8.44. The van der Waals surface area contributed by atoms with Crippen LogP contribution in [0.5, 0.6) is 0 Å². The van der Waals surface area contributed by atoms with Gasteiger partial charge in [-0.3, -0.25) is 9.47 Å². The van der Waals surface area contributed by atoms with Crippen LogP contribution in [-0.4, -0.2) is 41.5 Å². The molecule has 2 aromatic rings. The van der Waals surface area contributed by atoms with Crippen LogP contribution in [0, 0.1) is 0 Å². The van der Waals surface area contributed by atoms with Gasteiger partial charge in [-0.15, -0.1) is 0 Å². The Morgan fingerprint density at radius 1 is 1.18 bits per heavy atom. The van der Waals surface area contributed by atoms with Gasteiger partial charge in [-0.1, -0.05) is 12.1 Å². The molecule has 0 unspecified atom stereocenters. The van der Waals surface area contributed by atoms with Gasteiger partial charge < -0.3 is 4.42 Å². The Labute approximate surface area is 128 Å². The third kappa shape index (κ3) is 2.48. The molecule has 1 atom stereocenters. The van der Waals surface area contributed by atoms with Crippen LogP contribution in [0.25, 0.3) is 11.1 Å². The molecule has 1 aliphatic carbocycles. The van der Waals surface area contributed by atoms with E-state index in [0.29, 0.717) is 24.7 Å². The first kappa shape index (κ1) is 14.0. The molecule has 6 nitrogen and oxygen atoms in total. The van der Waals surface area contributed by atoms with Crippen LogP contribution in [0.4, 0.5) is 0 Å². The Morgan fingerprint density at radius 2 is 1.95 bits per heavy atom. The smallest absolute Gasteiger partial charge is 0.408 e. The minimum absolute atomic E-state index is 0.0121. The number of aromatic nitrogens is 1. The van der Waals surface area contributed by atoms with Gasteiger partial charge in [0.1, 0.15) is 0 Å². The molecule has 0 amide bonds. The number of hydrogen-bond donors (Lipinski definition) is 0. The maximum Gasteiger partial charge on any atom is 0.421 e. The molecule has 1 aromatic carbocycles. The first-order valence-electron chi connectivity index (χ1n) is 7.58. The van der Waals surface area contributed by atoms with Crippen molar-refractivity contribution in [3.8, 4) is 0 Å². The van der Waals surface area contributed by atoms with Crippen molar-refractivity contribution in [3.05, 3.63) is 34.8 Å². The highest BCUT2D eigenvalue weighted by molar-refractivity contribution is 7.91. The van der Waals surface area contributed by atoms with Crippen molar-refractivity contribution < 1.29 is 12.8 Å². The number of para-hydroxylation sites is 2. The van der Waals surface area contributed by atoms with E-state index in [1.165, 1.54) is 0 Å². The molecule has 2 fully saturated rings. The topological polar surface area (TPSA) is 72.5 Å². The van der Waals surface area contributed by atoms with Gasteiger partial charge in [-0.05, 0) is 31.4 Å². The highest BCUT2D eigenvalue weighted by Gasteiger charge is 2.40. The largest absolute Gasteiger partial charge is 0.421 e. The maximum atomic E-state index is 12.1. The number of rotatable bonds is 4.